The van der Waals surface area contributed by atoms with Crippen LogP contribution in [0.5, 0.6) is 0 Å². The van der Waals surface area contributed by atoms with Gasteiger partial charge in [-0.05, 0) is 49.6 Å². The number of nitrogens with two attached hydrogens (primary N) is 2. The summed E-state index contributed by atoms with van der Waals surface area (Å²) < 4.78 is 27.6. The lowest BCUT2D eigenvalue weighted by Crippen LogP contribution is -2.61. The molecule has 8 heteroatoms. The van der Waals surface area contributed by atoms with Crippen molar-refractivity contribution < 1.29 is 8.78 Å². The molecule has 6 nitrogen and oxygen atoms in total. The van der Waals surface area contributed by atoms with Gasteiger partial charge >= 0.3 is 0 Å². The van der Waals surface area contributed by atoms with Crippen LogP contribution in [0.15, 0.2) is 48.5 Å². The van der Waals surface area contributed by atoms with Crippen molar-refractivity contribution in [2.75, 3.05) is 9.80 Å². The maximum Gasteiger partial charge on any atom is 0.158 e. The number of halogens is 2. The number of H-pyrrole nitrogens is 1. The Kier molecular flexibility index (Phi) is 4.48. The number of fused-ring (bicyclic) bond motifs is 1. The molecule has 2 aliphatic rings. The van der Waals surface area contributed by atoms with Gasteiger partial charge in [0.05, 0.1) is 6.04 Å². The van der Waals surface area contributed by atoms with Gasteiger partial charge in [-0.15, -0.1) is 0 Å². The van der Waals surface area contributed by atoms with E-state index in [-0.39, 0.29) is 17.7 Å². The molecule has 3 aromatic rings. The third-order valence-corrected chi connectivity index (χ3v) is 6.09. The Hall–Kier alpha value is -2.97. The predicted molar refractivity (Wildman–Crippen MR) is 112 cm³/mol. The van der Waals surface area contributed by atoms with Gasteiger partial charge < -0.3 is 15.5 Å². The van der Waals surface area contributed by atoms with Gasteiger partial charge in [0.1, 0.15) is 17.8 Å². The molecule has 1 saturated carbocycles. The number of nitrogens with one attached hydrogen (secondary N) is 1. The molecule has 0 radical (unpaired) electrons. The van der Waals surface area contributed by atoms with Crippen LogP contribution in [0, 0.1) is 11.6 Å². The van der Waals surface area contributed by atoms with Crippen molar-refractivity contribution in [2.24, 2.45) is 11.5 Å². The Morgan fingerprint density at radius 3 is 2.43 bits per heavy atom. The Morgan fingerprint density at radius 2 is 1.73 bits per heavy atom. The van der Waals surface area contributed by atoms with Crippen molar-refractivity contribution in [1.29, 1.82) is 0 Å². The van der Waals surface area contributed by atoms with E-state index in [2.05, 4.69) is 10.2 Å². The number of rotatable bonds is 4. The molecule has 0 amide bonds. The van der Waals surface area contributed by atoms with Crippen molar-refractivity contribution >= 4 is 11.5 Å². The highest BCUT2D eigenvalue weighted by molar-refractivity contribution is 5.64. The van der Waals surface area contributed by atoms with E-state index in [1.807, 2.05) is 22.8 Å². The third kappa shape index (κ3) is 3.12. The first kappa shape index (κ1) is 19.0. The summed E-state index contributed by atoms with van der Waals surface area (Å²) in [5.74, 6) is 0.490. The molecule has 2 heterocycles. The molecule has 156 valence electrons. The zero-order chi connectivity index (χ0) is 21.0. The zero-order valence-corrected chi connectivity index (χ0v) is 16.6. The molecule has 0 bridgehead atoms. The second kappa shape index (κ2) is 7.07. The fourth-order valence-corrected chi connectivity index (χ4v) is 4.26. The van der Waals surface area contributed by atoms with Crippen LogP contribution in [-0.4, -0.2) is 16.5 Å². The van der Waals surface area contributed by atoms with Gasteiger partial charge in [0.25, 0.3) is 0 Å². The third-order valence-electron chi connectivity index (χ3n) is 6.09. The Balaban J connectivity index is 1.59. The van der Waals surface area contributed by atoms with Gasteiger partial charge in [-0.3, -0.25) is 10.8 Å². The number of aromatic amines is 1. The van der Waals surface area contributed by atoms with Gasteiger partial charge in [0.2, 0.25) is 0 Å². The average Bonchev–Trinajstić information content (AvgIpc) is 3.46. The average molecular weight is 410 g/mol. The number of aromatic nitrogens is 2. The van der Waals surface area contributed by atoms with E-state index in [0.29, 0.717) is 17.4 Å². The molecule has 1 aliphatic heterocycles. The summed E-state index contributed by atoms with van der Waals surface area (Å²) in [6, 6.07) is 12.5. The van der Waals surface area contributed by atoms with Gasteiger partial charge in [-0.25, -0.2) is 8.78 Å². The molecular formula is C22H24F2N6. The van der Waals surface area contributed by atoms with Gasteiger partial charge in [0.15, 0.2) is 12.1 Å². The first-order valence-corrected chi connectivity index (χ1v) is 10.1. The quantitative estimate of drug-likeness (QED) is 0.608. The molecule has 1 aliphatic carbocycles. The monoisotopic (exact) mass is 410 g/mol. The fourth-order valence-electron chi connectivity index (χ4n) is 4.26. The van der Waals surface area contributed by atoms with Crippen LogP contribution >= 0.6 is 0 Å². The molecule has 0 spiro atoms. The molecular weight excluding hydrogens is 386 g/mol. The minimum absolute atomic E-state index is 0.252. The Labute approximate surface area is 173 Å². The lowest BCUT2D eigenvalue weighted by atomic mass is 9.99. The summed E-state index contributed by atoms with van der Waals surface area (Å²) in [6.45, 7) is 1.96. The smallest absolute Gasteiger partial charge is 0.158 e. The molecule has 2 aromatic carbocycles. The van der Waals surface area contributed by atoms with Crippen LogP contribution in [0.3, 0.4) is 0 Å². The summed E-state index contributed by atoms with van der Waals surface area (Å²) in [6.07, 6.45) is 1.03. The molecule has 1 fully saturated rings. The molecule has 5 rings (SSSR count). The van der Waals surface area contributed by atoms with Crippen LogP contribution in [-0.2, 0) is 0 Å². The van der Waals surface area contributed by atoms with Crippen LogP contribution in [0.1, 0.15) is 54.7 Å². The van der Waals surface area contributed by atoms with Crippen molar-refractivity contribution in [1.82, 2.24) is 10.2 Å². The molecule has 30 heavy (non-hydrogen) atoms. The zero-order valence-electron chi connectivity index (χ0n) is 16.6. The number of anilines is 2. The van der Waals surface area contributed by atoms with E-state index in [4.69, 9.17) is 11.5 Å². The predicted octanol–water partition coefficient (Wildman–Crippen LogP) is 3.85. The SMILES string of the molecule is C[C@@H](c1ccc(F)cc1)N1c2cc(F)ccc2C(N)N(c2cc(C3CC3)[nH]n2)C1N. The second-order valence-electron chi connectivity index (χ2n) is 8.06. The van der Waals surface area contributed by atoms with Crippen molar-refractivity contribution in [3.8, 4) is 0 Å². The number of hydrogen-bond donors (Lipinski definition) is 3. The lowest BCUT2D eigenvalue weighted by molar-refractivity contribution is 0.443. The molecule has 0 saturated heterocycles. The molecule has 3 atom stereocenters. The lowest BCUT2D eigenvalue weighted by Gasteiger charge is -2.49. The fraction of sp³-hybridized carbons (Fsp3) is 0.318. The highest BCUT2D eigenvalue weighted by atomic mass is 19.1. The minimum Gasteiger partial charge on any atom is -0.332 e. The summed E-state index contributed by atoms with van der Waals surface area (Å²) in [5.41, 5.74) is 16.6. The van der Waals surface area contributed by atoms with Gasteiger partial charge in [-0.2, -0.15) is 5.10 Å². The second-order valence-corrected chi connectivity index (χ2v) is 8.06. The van der Waals surface area contributed by atoms with Crippen molar-refractivity contribution in [3.05, 3.63) is 77.0 Å². The van der Waals surface area contributed by atoms with E-state index in [0.717, 1.165) is 29.7 Å². The molecule has 1 aromatic heterocycles. The van der Waals surface area contributed by atoms with Gasteiger partial charge in [0, 0.05) is 28.9 Å². The summed E-state index contributed by atoms with van der Waals surface area (Å²) >= 11 is 0. The summed E-state index contributed by atoms with van der Waals surface area (Å²) in [4.78, 5) is 3.74. The van der Waals surface area contributed by atoms with E-state index >= 15 is 0 Å². The first-order valence-electron chi connectivity index (χ1n) is 10.1. The van der Waals surface area contributed by atoms with Crippen LogP contribution in [0.25, 0.3) is 0 Å². The minimum atomic E-state index is -0.690. The summed E-state index contributed by atoms with van der Waals surface area (Å²) in [5, 5.41) is 7.56. The largest absolute Gasteiger partial charge is 0.332 e. The first-order chi connectivity index (χ1) is 14.4. The van der Waals surface area contributed by atoms with Gasteiger partial charge in [-0.1, -0.05) is 18.2 Å². The normalized spacial score (nSPS) is 22.2. The Morgan fingerprint density at radius 1 is 1.03 bits per heavy atom. The summed E-state index contributed by atoms with van der Waals surface area (Å²) in [7, 11) is 0. The van der Waals surface area contributed by atoms with Crippen molar-refractivity contribution in [2.45, 2.75) is 44.2 Å². The number of benzene rings is 2. The standard InChI is InChI=1S/C22H24F2N6/c1-12(13-4-6-15(23)7-5-13)29-19-10-16(24)8-9-17(19)21(25)30(22(29)26)20-11-18(27-28-20)14-2-3-14/h4-12,14,21-22H,2-3,25-26H2,1H3,(H,27,28)/t12-,21?,22?/m0/s1. The number of nitrogens with zero attached hydrogens (tertiary/aromatic N) is 3. The molecule has 5 N–H and O–H groups in total. The van der Waals surface area contributed by atoms with E-state index < -0.39 is 12.5 Å². The Bertz CT molecular complexity index is 1060. The van der Waals surface area contributed by atoms with E-state index in [1.54, 1.807) is 18.2 Å². The molecule has 2 unspecified atom stereocenters. The van der Waals surface area contributed by atoms with Crippen LogP contribution in [0.4, 0.5) is 20.3 Å². The van der Waals surface area contributed by atoms with Crippen molar-refractivity contribution in [3.63, 3.8) is 0 Å². The van der Waals surface area contributed by atoms with Crippen LogP contribution in [0.2, 0.25) is 0 Å². The number of hydrogen-bond acceptors (Lipinski definition) is 5. The van der Waals surface area contributed by atoms with E-state index in [1.165, 1.54) is 24.3 Å². The maximum absolute atomic E-state index is 14.2. The maximum atomic E-state index is 14.2. The van der Waals surface area contributed by atoms with Crippen LogP contribution < -0.4 is 21.3 Å². The topological polar surface area (TPSA) is 87.2 Å². The highest BCUT2D eigenvalue weighted by Crippen LogP contribution is 2.44. The van der Waals surface area contributed by atoms with E-state index in [9.17, 15) is 8.78 Å². The highest BCUT2D eigenvalue weighted by Gasteiger charge is 2.40.